The number of nitrogen functional groups attached to an aromatic ring is 1. The summed E-state index contributed by atoms with van der Waals surface area (Å²) in [5.41, 5.74) is 5.91. The molecule has 0 aliphatic carbocycles. The molecule has 1 aromatic heterocycles. The van der Waals surface area contributed by atoms with Crippen LogP contribution >= 0.6 is 0 Å². The SMILES string of the molecule is Nc1cccc(S(=O)(=O)Nc2cnccn2)c1. The minimum atomic E-state index is -3.67. The van der Waals surface area contributed by atoms with E-state index in [9.17, 15) is 8.42 Å². The van der Waals surface area contributed by atoms with E-state index in [1.165, 1.54) is 30.7 Å². The molecule has 0 atom stereocenters. The normalized spacial score (nSPS) is 11.1. The van der Waals surface area contributed by atoms with Crippen molar-refractivity contribution in [2.45, 2.75) is 4.90 Å². The van der Waals surface area contributed by atoms with E-state index in [-0.39, 0.29) is 10.7 Å². The zero-order valence-electron chi connectivity index (χ0n) is 8.74. The molecule has 0 fully saturated rings. The molecule has 0 bridgehead atoms. The van der Waals surface area contributed by atoms with Crippen molar-refractivity contribution < 1.29 is 8.42 Å². The van der Waals surface area contributed by atoms with Crippen molar-refractivity contribution in [3.63, 3.8) is 0 Å². The number of sulfonamides is 1. The molecule has 17 heavy (non-hydrogen) atoms. The van der Waals surface area contributed by atoms with Gasteiger partial charge >= 0.3 is 0 Å². The number of nitrogens with two attached hydrogens (primary N) is 1. The Morgan fingerprint density at radius 1 is 1.24 bits per heavy atom. The monoisotopic (exact) mass is 250 g/mol. The summed E-state index contributed by atoms with van der Waals surface area (Å²) in [6.07, 6.45) is 4.18. The molecular weight excluding hydrogens is 240 g/mol. The Labute approximate surface area is 98.6 Å². The third kappa shape index (κ3) is 2.70. The molecule has 7 heteroatoms. The highest BCUT2D eigenvalue weighted by Gasteiger charge is 2.14. The number of benzene rings is 1. The van der Waals surface area contributed by atoms with E-state index < -0.39 is 10.0 Å². The molecule has 0 radical (unpaired) electrons. The number of hydrogen-bond donors (Lipinski definition) is 2. The van der Waals surface area contributed by atoms with Gasteiger partial charge in [-0.25, -0.2) is 13.4 Å². The Hall–Kier alpha value is -2.15. The van der Waals surface area contributed by atoms with Crippen LogP contribution in [0.3, 0.4) is 0 Å². The van der Waals surface area contributed by atoms with Gasteiger partial charge in [-0.15, -0.1) is 0 Å². The lowest BCUT2D eigenvalue weighted by molar-refractivity contribution is 0.601. The number of nitrogens with one attached hydrogen (secondary N) is 1. The van der Waals surface area contributed by atoms with E-state index >= 15 is 0 Å². The van der Waals surface area contributed by atoms with Crippen LogP contribution in [-0.4, -0.2) is 18.4 Å². The molecule has 0 spiro atoms. The molecular formula is C10H10N4O2S. The number of nitrogens with zero attached hydrogens (tertiary/aromatic N) is 2. The van der Waals surface area contributed by atoms with Crippen LogP contribution in [0.25, 0.3) is 0 Å². The van der Waals surface area contributed by atoms with E-state index in [1.807, 2.05) is 0 Å². The van der Waals surface area contributed by atoms with E-state index in [1.54, 1.807) is 12.1 Å². The van der Waals surface area contributed by atoms with Crippen LogP contribution in [0.2, 0.25) is 0 Å². The second-order valence-corrected chi connectivity index (χ2v) is 4.95. The maximum Gasteiger partial charge on any atom is 0.263 e. The maximum absolute atomic E-state index is 11.9. The van der Waals surface area contributed by atoms with E-state index in [0.29, 0.717) is 5.69 Å². The standard InChI is InChI=1S/C10H10N4O2S/c11-8-2-1-3-9(6-8)17(15,16)14-10-7-12-4-5-13-10/h1-7H,11H2,(H,13,14). The van der Waals surface area contributed by atoms with Crippen molar-refractivity contribution >= 4 is 21.5 Å². The molecule has 3 N–H and O–H groups in total. The molecule has 0 amide bonds. The third-order valence-corrected chi connectivity index (χ3v) is 3.32. The second kappa shape index (κ2) is 4.38. The molecule has 0 saturated carbocycles. The predicted molar refractivity (Wildman–Crippen MR) is 63.7 cm³/mol. The van der Waals surface area contributed by atoms with Crippen molar-refractivity contribution in [2.75, 3.05) is 10.5 Å². The molecule has 0 aliphatic heterocycles. The smallest absolute Gasteiger partial charge is 0.263 e. The van der Waals surface area contributed by atoms with Gasteiger partial charge in [-0.05, 0) is 18.2 Å². The fourth-order valence-electron chi connectivity index (χ4n) is 1.23. The Kier molecular flexibility index (Phi) is 2.92. The van der Waals surface area contributed by atoms with E-state index in [0.717, 1.165) is 0 Å². The summed E-state index contributed by atoms with van der Waals surface area (Å²) in [7, 11) is -3.67. The van der Waals surface area contributed by atoms with Gasteiger partial charge in [0.25, 0.3) is 10.0 Å². The lowest BCUT2D eigenvalue weighted by Gasteiger charge is -2.06. The first-order chi connectivity index (χ1) is 8.08. The molecule has 0 saturated heterocycles. The Balaban J connectivity index is 2.32. The maximum atomic E-state index is 11.9. The van der Waals surface area contributed by atoms with Gasteiger partial charge in [0.05, 0.1) is 11.1 Å². The third-order valence-electron chi connectivity index (χ3n) is 1.97. The molecule has 2 rings (SSSR count). The van der Waals surface area contributed by atoms with Gasteiger partial charge < -0.3 is 5.73 Å². The highest BCUT2D eigenvalue weighted by atomic mass is 32.2. The minimum absolute atomic E-state index is 0.0863. The lowest BCUT2D eigenvalue weighted by atomic mass is 10.3. The lowest BCUT2D eigenvalue weighted by Crippen LogP contribution is -2.14. The van der Waals surface area contributed by atoms with Crippen LogP contribution in [0.4, 0.5) is 11.5 Å². The Bertz CT molecular complexity index is 613. The van der Waals surface area contributed by atoms with Crippen LogP contribution in [0.5, 0.6) is 0 Å². The molecule has 1 aromatic carbocycles. The topological polar surface area (TPSA) is 98.0 Å². The van der Waals surface area contributed by atoms with Gasteiger partial charge in [-0.3, -0.25) is 9.71 Å². The van der Waals surface area contributed by atoms with E-state index in [4.69, 9.17) is 5.73 Å². The summed E-state index contributed by atoms with van der Waals surface area (Å²) in [6, 6.07) is 6.01. The van der Waals surface area contributed by atoms with Crippen molar-refractivity contribution in [1.29, 1.82) is 0 Å². The zero-order valence-corrected chi connectivity index (χ0v) is 9.55. The average molecular weight is 250 g/mol. The minimum Gasteiger partial charge on any atom is -0.399 e. The summed E-state index contributed by atoms with van der Waals surface area (Å²) in [5.74, 6) is 0.162. The number of rotatable bonds is 3. The first-order valence-corrected chi connectivity index (χ1v) is 6.20. The first-order valence-electron chi connectivity index (χ1n) is 4.72. The van der Waals surface area contributed by atoms with Gasteiger partial charge in [-0.1, -0.05) is 6.07 Å². The summed E-state index contributed by atoms with van der Waals surface area (Å²) in [5, 5.41) is 0. The van der Waals surface area contributed by atoms with Gasteiger partial charge in [0.1, 0.15) is 0 Å². The van der Waals surface area contributed by atoms with Crippen LogP contribution in [0.15, 0.2) is 47.8 Å². The van der Waals surface area contributed by atoms with Gasteiger partial charge in [0.15, 0.2) is 5.82 Å². The highest BCUT2D eigenvalue weighted by Crippen LogP contribution is 2.15. The summed E-state index contributed by atoms with van der Waals surface area (Å²) < 4.78 is 26.1. The molecule has 0 unspecified atom stereocenters. The zero-order chi connectivity index (χ0) is 12.3. The van der Waals surface area contributed by atoms with Crippen molar-refractivity contribution in [2.24, 2.45) is 0 Å². The summed E-state index contributed by atoms with van der Waals surface area (Å²) in [6.45, 7) is 0. The van der Waals surface area contributed by atoms with Crippen molar-refractivity contribution in [1.82, 2.24) is 9.97 Å². The second-order valence-electron chi connectivity index (χ2n) is 3.27. The van der Waals surface area contributed by atoms with E-state index in [2.05, 4.69) is 14.7 Å². The number of anilines is 2. The van der Waals surface area contributed by atoms with Gasteiger partial charge in [0, 0.05) is 18.1 Å². The molecule has 1 heterocycles. The fraction of sp³-hybridized carbons (Fsp3) is 0. The van der Waals surface area contributed by atoms with Crippen LogP contribution < -0.4 is 10.5 Å². The van der Waals surface area contributed by atoms with Gasteiger partial charge in [0.2, 0.25) is 0 Å². The first kappa shape index (κ1) is 11.3. The van der Waals surface area contributed by atoms with Gasteiger partial charge in [-0.2, -0.15) is 0 Å². The van der Waals surface area contributed by atoms with Crippen LogP contribution in [0.1, 0.15) is 0 Å². The molecule has 88 valence electrons. The summed E-state index contributed by atoms with van der Waals surface area (Å²) >= 11 is 0. The predicted octanol–water partition coefficient (Wildman–Crippen LogP) is 0.860. The Morgan fingerprint density at radius 3 is 2.71 bits per heavy atom. The fourth-order valence-corrected chi connectivity index (χ4v) is 2.28. The van der Waals surface area contributed by atoms with Crippen molar-refractivity contribution in [3.8, 4) is 0 Å². The van der Waals surface area contributed by atoms with Crippen LogP contribution in [0, 0.1) is 0 Å². The molecule has 6 nitrogen and oxygen atoms in total. The Morgan fingerprint density at radius 2 is 2.06 bits per heavy atom. The quantitative estimate of drug-likeness (QED) is 0.787. The number of aromatic nitrogens is 2. The molecule has 0 aliphatic rings. The largest absolute Gasteiger partial charge is 0.399 e. The van der Waals surface area contributed by atoms with Crippen LogP contribution in [-0.2, 0) is 10.0 Å². The highest BCUT2D eigenvalue weighted by molar-refractivity contribution is 7.92. The van der Waals surface area contributed by atoms with Crippen molar-refractivity contribution in [3.05, 3.63) is 42.9 Å². The average Bonchev–Trinajstić information content (AvgIpc) is 2.30. The number of hydrogen-bond acceptors (Lipinski definition) is 5. The molecule has 2 aromatic rings. The summed E-state index contributed by atoms with van der Waals surface area (Å²) in [4.78, 5) is 7.68.